The Kier molecular flexibility index (Phi) is 6.89. The molecule has 0 heterocycles. The smallest absolute Gasteiger partial charge is 0.338 e. The van der Waals surface area contributed by atoms with Crippen molar-refractivity contribution < 1.29 is 9.53 Å². The van der Waals surface area contributed by atoms with Crippen molar-refractivity contribution in [1.29, 1.82) is 0 Å². The van der Waals surface area contributed by atoms with Crippen molar-refractivity contribution in [3.63, 3.8) is 0 Å². The predicted molar refractivity (Wildman–Crippen MR) is 100 cm³/mol. The van der Waals surface area contributed by atoms with Gasteiger partial charge in [-0.2, -0.15) is 0 Å². The molecule has 2 heteroatoms. The first-order chi connectivity index (χ1) is 11.6. The molecule has 2 nitrogen and oxygen atoms in total. The molecule has 1 fully saturated rings. The van der Waals surface area contributed by atoms with Crippen molar-refractivity contribution in [2.45, 2.75) is 90.6 Å². The molecular formula is C22H34O2. The predicted octanol–water partition coefficient (Wildman–Crippen LogP) is 6.50. The van der Waals surface area contributed by atoms with Crippen LogP contribution in [-0.2, 0) is 4.74 Å². The molecule has 134 valence electrons. The average Bonchev–Trinajstić information content (AvgIpc) is 2.66. The minimum atomic E-state index is -0.285. The topological polar surface area (TPSA) is 26.3 Å². The number of hydrogen-bond acceptors (Lipinski definition) is 2. The fraction of sp³-hybridized carbons (Fsp3) is 0.682. The van der Waals surface area contributed by atoms with Gasteiger partial charge in [-0.1, -0.05) is 59.1 Å². The summed E-state index contributed by atoms with van der Waals surface area (Å²) in [5.41, 5.74) is 1.69. The maximum absolute atomic E-state index is 12.7. The van der Waals surface area contributed by atoms with E-state index in [2.05, 4.69) is 39.8 Å². The minimum absolute atomic E-state index is 0.153. The van der Waals surface area contributed by atoms with Gasteiger partial charge in [0.1, 0.15) is 5.60 Å². The van der Waals surface area contributed by atoms with Crippen LogP contribution in [0.2, 0.25) is 0 Å². The molecular weight excluding hydrogens is 296 g/mol. The minimum Gasteiger partial charge on any atom is -0.455 e. The zero-order valence-electron chi connectivity index (χ0n) is 15.9. The second-order valence-electron chi connectivity index (χ2n) is 7.43. The summed E-state index contributed by atoms with van der Waals surface area (Å²) in [4.78, 5) is 12.7. The van der Waals surface area contributed by atoms with Gasteiger partial charge in [0.25, 0.3) is 0 Å². The van der Waals surface area contributed by atoms with Gasteiger partial charge in [-0.05, 0) is 61.6 Å². The van der Waals surface area contributed by atoms with Crippen LogP contribution >= 0.6 is 0 Å². The molecule has 1 aromatic carbocycles. The fourth-order valence-corrected chi connectivity index (χ4v) is 4.11. The van der Waals surface area contributed by atoms with E-state index in [1.807, 2.05) is 12.1 Å². The van der Waals surface area contributed by atoms with Crippen LogP contribution in [0, 0.1) is 5.92 Å². The first-order valence-electron chi connectivity index (χ1n) is 9.89. The Morgan fingerprint density at radius 3 is 2.17 bits per heavy atom. The lowest BCUT2D eigenvalue weighted by Crippen LogP contribution is -2.42. The van der Waals surface area contributed by atoms with E-state index in [1.165, 1.54) is 37.7 Å². The number of carbonyl (C=O) groups excluding carboxylic acids is 1. The molecule has 1 atom stereocenters. The van der Waals surface area contributed by atoms with Gasteiger partial charge < -0.3 is 4.74 Å². The van der Waals surface area contributed by atoms with Gasteiger partial charge in [0.2, 0.25) is 0 Å². The Morgan fingerprint density at radius 2 is 1.67 bits per heavy atom. The summed E-state index contributed by atoms with van der Waals surface area (Å²) in [7, 11) is 0. The van der Waals surface area contributed by atoms with Crippen molar-refractivity contribution in [3.8, 4) is 0 Å². The molecule has 1 saturated carbocycles. The number of benzene rings is 1. The fourth-order valence-electron chi connectivity index (χ4n) is 4.11. The average molecular weight is 331 g/mol. The summed E-state index contributed by atoms with van der Waals surface area (Å²) < 4.78 is 6.15. The summed E-state index contributed by atoms with van der Waals surface area (Å²) in [5, 5.41) is 0. The zero-order chi connectivity index (χ0) is 17.6. The van der Waals surface area contributed by atoms with E-state index in [4.69, 9.17) is 4.74 Å². The van der Waals surface area contributed by atoms with Crippen LogP contribution in [0.5, 0.6) is 0 Å². The first-order valence-corrected chi connectivity index (χ1v) is 9.89. The lowest BCUT2D eigenvalue weighted by atomic mass is 9.74. The highest BCUT2D eigenvalue weighted by molar-refractivity contribution is 5.89. The molecule has 0 radical (unpaired) electrons. The van der Waals surface area contributed by atoms with Crippen LogP contribution in [0.3, 0.4) is 0 Å². The largest absolute Gasteiger partial charge is 0.455 e. The molecule has 0 saturated heterocycles. The molecule has 0 N–H and O–H groups in total. The number of esters is 1. The maximum atomic E-state index is 12.7. The van der Waals surface area contributed by atoms with E-state index in [-0.39, 0.29) is 11.6 Å². The van der Waals surface area contributed by atoms with E-state index in [0.29, 0.717) is 17.4 Å². The van der Waals surface area contributed by atoms with E-state index in [1.54, 1.807) is 0 Å². The van der Waals surface area contributed by atoms with Gasteiger partial charge in [-0.15, -0.1) is 0 Å². The molecule has 2 rings (SSSR count). The lowest BCUT2D eigenvalue weighted by Gasteiger charge is -2.41. The molecule has 1 aliphatic carbocycles. The Bertz CT molecular complexity index is 507. The zero-order valence-corrected chi connectivity index (χ0v) is 15.9. The summed E-state index contributed by atoms with van der Waals surface area (Å²) >= 11 is 0. The first kappa shape index (κ1) is 19.0. The number of hydrogen-bond donors (Lipinski definition) is 0. The molecule has 1 aliphatic rings. The third-order valence-electron chi connectivity index (χ3n) is 6.17. The SMILES string of the molecule is CCC(C)c1ccc(C(=O)OC(CC)(CC)C2CCCCC2)cc1. The van der Waals surface area contributed by atoms with Crippen LogP contribution < -0.4 is 0 Å². The van der Waals surface area contributed by atoms with Crippen molar-refractivity contribution in [1.82, 2.24) is 0 Å². The Balaban J connectivity index is 2.12. The van der Waals surface area contributed by atoms with E-state index < -0.39 is 0 Å². The van der Waals surface area contributed by atoms with E-state index >= 15 is 0 Å². The molecule has 0 aliphatic heterocycles. The van der Waals surface area contributed by atoms with E-state index in [9.17, 15) is 4.79 Å². The van der Waals surface area contributed by atoms with Crippen LogP contribution in [0.1, 0.15) is 101 Å². The second kappa shape index (κ2) is 8.69. The van der Waals surface area contributed by atoms with Gasteiger partial charge in [-0.25, -0.2) is 4.79 Å². The van der Waals surface area contributed by atoms with Gasteiger partial charge in [0.15, 0.2) is 0 Å². The molecule has 0 bridgehead atoms. The third-order valence-corrected chi connectivity index (χ3v) is 6.17. The summed E-state index contributed by atoms with van der Waals surface area (Å²) in [6.07, 6.45) is 9.19. The Morgan fingerprint density at radius 1 is 1.08 bits per heavy atom. The quantitative estimate of drug-likeness (QED) is 0.534. The second-order valence-corrected chi connectivity index (χ2v) is 7.43. The number of carbonyl (C=O) groups is 1. The molecule has 1 unspecified atom stereocenters. The highest BCUT2D eigenvalue weighted by atomic mass is 16.6. The van der Waals surface area contributed by atoms with Crippen LogP contribution in [0.15, 0.2) is 24.3 Å². The highest BCUT2D eigenvalue weighted by Crippen LogP contribution is 2.40. The van der Waals surface area contributed by atoms with Crippen molar-refractivity contribution >= 4 is 5.97 Å². The lowest BCUT2D eigenvalue weighted by molar-refractivity contribution is -0.0657. The third kappa shape index (κ3) is 4.20. The molecule has 24 heavy (non-hydrogen) atoms. The summed E-state index contributed by atoms with van der Waals surface area (Å²) in [6, 6.07) is 8.01. The standard InChI is InChI=1S/C22H34O2/c1-5-17(4)18-13-15-19(16-14-18)21(23)24-22(6-2,7-3)20-11-9-8-10-12-20/h13-17,20H,5-12H2,1-4H3. The molecule has 0 spiro atoms. The number of ether oxygens (including phenoxy) is 1. The molecule has 1 aromatic rings. The normalized spacial score (nSPS) is 17.5. The monoisotopic (exact) mass is 330 g/mol. The van der Waals surface area contributed by atoms with Crippen LogP contribution in [0.25, 0.3) is 0 Å². The van der Waals surface area contributed by atoms with Gasteiger partial charge in [-0.3, -0.25) is 0 Å². The van der Waals surface area contributed by atoms with Crippen molar-refractivity contribution in [3.05, 3.63) is 35.4 Å². The van der Waals surface area contributed by atoms with Crippen LogP contribution in [-0.4, -0.2) is 11.6 Å². The number of rotatable bonds is 7. The van der Waals surface area contributed by atoms with Gasteiger partial charge in [0.05, 0.1) is 5.56 Å². The van der Waals surface area contributed by atoms with Crippen molar-refractivity contribution in [2.24, 2.45) is 5.92 Å². The maximum Gasteiger partial charge on any atom is 0.338 e. The molecule has 0 amide bonds. The van der Waals surface area contributed by atoms with E-state index in [0.717, 1.165) is 19.3 Å². The van der Waals surface area contributed by atoms with Crippen LogP contribution in [0.4, 0.5) is 0 Å². The van der Waals surface area contributed by atoms with Gasteiger partial charge in [0, 0.05) is 0 Å². The Labute approximate surface area is 148 Å². The summed E-state index contributed by atoms with van der Waals surface area (Å²) in [6.45, 7) is 8.73. The molecule has 0 aromatic heterocycles. The Hall–Kier alpha value is -1.31. The van der Waals surface area contributed by atoms with Crippen molar-refractivity contribution in [2.75, 3.05) is 0 Å². The summed E-state index contributed by atoms with van der Waals surface area (Å²) in [5.74, 6) is 0.896. The highest BCUT2D eigenvalue weighted by Gasteiger charge is 2.40. The van der Waals surface area contributed by atoms with Gasteiger partial charge >= 0.3 is 5.97 Å².